The van der Waals surface area contributed by atoms with E-state index in [0.717, 1.165) is 25.8 Å². The summed E-state index contributed by atoms with van der Waals surface area (Å²) in [5.41, 5.74) is 0. The first-order valence-corrected chi connectivity index (χ1v) is 9.29. The fourth-order valence-electron chi connectivity index (χ4n) is 2.13. The molecular formula is C17H18Cl4N2O2. The van der Waals surface area contributed by atoms with Crippen molar-refractivity contribution in [1.82, 2.24) is 9.55 Å². The van der Waals surface area contributed by atoms with E-state index in [1.807, 2.05) is 12.5 Å². The van der Waals surface area contributed by atoms with Gasteiger partial charge in [-0.15, -0.1) is 0 Å². The van der Waals surface area contributed by atoms with Crippen molar-refractivity contribution < 1.29 is 9.47 Å². The maximum atomic E-state index is 6.22. The van der Waals surface area contributed by atoms with Crippen LogP contribution in [-0.2, 0) is 6.54 Å². The van der Waals surface area contributed by atoms with Gasteiger partial charge >= 0.3 is 0 Å². The SMILES string of the molecule is ClC(Cl)=CCOc1cc(Cl)c(OCCCCCn2ccnc2)c(Cl)c1. The second-order valence-corrected chi connectivity index (χ2v) is 7.05. The first-order valence-electron chi connectivity index (χ1n) is 7.78. The topological polar surface area (TPSA) is 36.3 Å². The lowest BCUT2D eigenvalue weighted by Gasteiger charge is -2.12. The largest absolute Gasteiger partial charge is 0.490 e. The summed E-state index contributed by atoms with van der Waals surface area (Å²) in [6, 6.07) is 3.30. The average Bonchev–Trinajstić information content (AvgIpc) is 3.05. The molecule has 2 aromatic rings. The highest BCUT2D eigenvalue weighted by molar-refractivity contribution is 6.55. The fraction of sp³-hybridized carbons (Fsp3) is 0.353. The van der Waals surface area contributed by atoms with Crippen LogP contribution < -0.4 is 9.47 Å². The summed E-state index contributed by atoms with van der Waals surface area (Å²) in [6.07, 6.45) is 10.1. The first kappa shape index (κ1) is 20.2. The predicted octanol–water partition coefficient (Wildman–Crippen LogP) is 6.14. The highest BCUT2D eigenvalue weighted by Crippen LogP contribution is 2.37. The Bertz CT molecular complexity index is 663. The second-order valence-electron chi connectivity index (χ2n) is 5.23. The van der Waals surface area contributed by atoms with Crippen LogP contribution in [0.25, 0.3) is 0 Å². The normalized spacial score (nSPS) is 10.6. The van der Waals surface area contributed by atoms with Gasteiger partial charge in [0.15, 0.2) is 5.75 Å². The Morgan fingerprint density at radius 3 is 2.48 bits per heavy atom. The number of ether oxygens (including phenoxy) is 2. The van der Waals surface area contributed by atoms with Crippen molar-refractivity contribution >= 4 is 46.4 Å². The number of halogens is 4. The number of hydrogen-bond donors (Lipinski definition) is 0. The van der Waals surface area contributed by atoms with Gasteiger partial charge < -0.3 is 14.0 Å². The molecule has 136 valence electrons. The Hall–Kier alpha value is -1.07. The number of aryl methyl sites for hydroxylation is 1. The molecule has 0 aliphatic rings. The van der Waals surface area contributed by atoms with Crippen molar-refractivity contribution in [2.75, 3.05) is 13.2 Å². The standard InChI is InChI=1S/C17H18Cl4N2O2/c18-14-10-13(24-9-4-16(20)21)11-15(19)17(14)25-8-3-1-2-6-23-7-5-22-12-23/h4-5,7,10-12H,1-3,6,8-9H2. The average molecular weight is 424 g/mol. The molecule has 25 heavy (non-hydrogen) atoms. The van der Waals surface area contributed by atoms with Crippen LogP contribution in [0.5, 0.6) is 11.5 Å². The molecule has 0 atom stereocenters. The third kappa shape index (κ3) is 7.37. The Balaban J connectivity index is 1.74. The zero-order chi connectivity index (χ0) is 18.1. The summed E-state index contributed by atoms with van der Waals surface area (Å²) in [7, 11) is 0. The first-order chi connectivity index (χ1) is 12.1. The van der Waals surface area contributed by atoms with Crippen molar-refractivity contribution in [3.05, 3.63) is 51.5 Å². The molecule has 1 aromatic heterocycles. The van der Waals surface area contributed by atoms with Crippen molar-refractivity contribution in [2.45, 2.75) is 25.8 Å². The smallest absolute Gasteiger partial charge is 0.156 e. The molecule has 0 fully saturated rings. The molecule has 0 N–H and O–H groups in total. The summed E-state index contributed by atoms with van der Waals surface area (Å²) in [4.78, 5) is 4.01. The van der Waals surface area contributed by atoms with Crippen molar-refractivity contribution in [3.63, 3.8) is 0 Å². The molecule has 0 saturated carbocycles. The summed E-state index contributed by atoms with van der Waals surface area (Å²) < 4.78 is 13.4. The van der Waals surface area contributed by atoms with Crippen LogP contribution in [-0.4, -0.2) is 22.8 Å². The molecule has 0 bridgehead atoms. The fourth-order valence-corrected chi connectivity index (χ4v) is 2.83. The molecule has 2 rings (SSSR count). The summed E-state index contributed by atoms with van der Waals surface area (Å²) in [6.45, 7) is 1.73. The van der Waals surface area contributed by atoms with Crippen LogP contribution in [0.1, 0.15) is 19.3 Å². The van der Waals surface area contributed by atoms with Gasteiger partial charge in [0, 0.05) is 31.1 Å². The highest BCUT2D eigenvalue weighted by atomic mass is 35.5. The Labute approximate surface area is 167 Å². The maximum absolute atomic E-state index is 6.22. The van der Waals surface area contributed by atoms with Crippen LogP contribution in [0.2, 0.25) is 10.0 Å². The number of hydrogen-bond acceptors (Lipinski definition) is 3. The Morgan fingerprint density at radius 1 is 1.08 bits per heavy atom. The molecule has 0 aliphatic carbocycles. The highest BCUT2D eigenvalue weighted by Gasteiger charge is 2.10. The lowest BCUT2D eigenvalue weighted by molar-refractivity contribution is 0.303. The van der Waals surface area contributed by atoms with E-state index in [0.29, 0.717) is 28.2 Å². The Morgan fingerprint density at radius 2 is 1.84 bits per heavy atom. The monoisotopic (exact) mass is 422 g/mol. The van der Waals surface area contributed by atoms with Gasteiger partial charge in [0.1, 0.15) is 16.8 Å². The van der Waals surface area contributed by atoms with Crippen LogP contribution in [0.4, 0.5) is 0 Å². The summed E-state index contributed by atoms with van der Waals surface area (Å²) >= 11 is 23.5. The van der Waals surface area contributed by atoms with Gasteiger partial charge in [-0.2, -0.15) is 0 Å². The summed E-state index contributed by atoms with van der Waals surface area (Å²) in [5, 5.41) is 0.809. The van der Waals surface area contributed by atoms with Gasteiger partial charge in [0.05, 0.1) is 23.0 Å². The molecule has 4 nitrogen and oxygen atoms in total. The number of nitrogens with zero attached hydrogens (tertiary/aromatic N) is 2. The molecule has 0 radical (unpaired) electrons. The van der Waals surface area contributed by atoms with Crippen LogP contribution >= 0.6 is 46.4 Å². The molecule has 0 aliphatic heterocycles. The minimum atomic E-state index is 0.144. The van der Waals surface area contributed by atoms with E-state index in [4.69, 9.17) is 55.9 Å². The number of imidazole rings is 1. The molecule has 1 aromatic carbocycles. The van der Waals surface area contributed by atoms with E-state index >= 15 is 0 Å². The number of benzene rings is 1. The lowest BCUT2D eigenvalue weighted by atomic mass is 10.2. The van der Waals surface area contributed by atoms with E-state index < -0.39 is 0 Å². The number of unbranched alkanes of at least 4 members (excludes halogenated alkanes) is 2. The van der Waals surface area contributed by atoms with Gasteiger partial charge in [0.25, 0.3) is 0 Å². The van der Waals surface area contributed by atoms with E-state index in [9.17, 15) is 0 Å². The van der Waals surface area contributed by atoms with Crippen LogP contribution in [0.15, 0.2) is 41.4 Å². The van der Waals surface area contributed by atoms with Gasteiger partial charge in [0.2, 0.25) is 0 Å². The van der Waals surface area contributed by atoms with E-state index in [1.165, 1.54) is 6.08 Å². The maximum Gasteiger partial charge on any atom is 0.156 e. The number of rotatable bonds is 10. The van der Waals surface area contributed by atoms with Crippen molar-refractivity contribution in [1.29, 1.82) is 0 Å². The van der Waals surface area contributed by atoms with Gasteiger partial charge in [-0.05, 0) is 25.3 Å². The van der Waals surface area contributed by atoms with Gasteiger partial charge in [-0.3, -0.25) is 0 Å². The van der Waals surface area contributed by atoms with Crippen molar-refractivity contribution in [2.24, 2.45) is 0 Å². The minimum absolute atomic E-state index is 0.144. The second kappa shape index (κ2) is 10.8. The van der Waals surface area contributed by atoms with E-state index in [2.05, 4.69) is 9.55 Å². The summed E-state index contributed by atoms with van der Waals surface area (Å²) in [5.74, 6) is 0.990. The quantitative estimate of drug-likeness (QED) is 0.430. The molecule has 0 spiro atoms. The van der Waals surface area contributed by atoms with E-state index in [1.54, 1.807) is 18.3 Å². The van der Waals surface area contributed by atoms with E-state index in [-0.39, 0.29) is 11.1 Å². The van der Waals surface area contributed by atoms with Gasteiger partial charge in [-0.1, -0.05) is 46.4 Å². The zero-order valence-corrected chi connectivity index (χ0v) is 16.5. The molecule has 0 unspecified atom stereocenters. The predicted molar refractivity (Wildman–Crippen MR) is 103 cm³/mol. The molecular weight excluding hydrogens is 406 g/mol. The molecule has 0 amide bonds. The van der Waals surface area contributed by atoms with Crippen LogP contribution in [0.3, 0.4) is 0 Å². The third-order valence-electron chi connectivity index (χ3n) is 3.33. The molecule has 1 heterocycles. The molecule has 0 saturated heterocycles. The lowest BCUT2D eigenvalue weighted by Crippen LogP contribution is -2.01. The molecule has 8 heteroatoms. The van der Waals surface area contributed by atoms with Crippen molar-refractivity contribution in [3.8, 4) is 11.5 Å². The number of aromatic nitrogens is 2. The minimum Gasteiger partial charge on any atom is -0.490 e. The zero-order valence-electron chi connectivity index (χ0n) is 13.4. The Kier molecular flexibility index (Phi) is 8.76. The van der Waals surface area contributed by atoms with Crippen LogP contribution in [0, 0.1) is 0 Å². The third-order valence-corrected chi connectivity index (χ3v) is 4.20. The van der Waals surface area contributed by atoms with Gasteiger partial charge in [-0.25, -0.2) is 4.98 Å².